The van der Waals surface area contributed by atoms with E-state index >= 15 is 0 Å². The lowest BCUT2D eigenvalue weighted by Crippen LogP contribution is -2.40. The molecule has 28 heavy (non-hydrogen) atoms. The van der Waals surface area contributed by atoms with Crippen LogP contribution in [0.5, 0.6) is 0 Å². The van der Waals surface area contributed by atoms with Crippen LogP contribution in [0.15, 0.2) is 36.4 Å². The smallest absolute Gasteiger partial charge is 0.229 e. The summed E-state index contributed by atoms with van der Waals surface area (Å²) >= 11 is 2.87. The van der Waals surface area contributed by atoms with E-state index in [1.165, 1.54) is 10.3 Å². The van der Waals surface area contributed by atoms with E-state index < -0.39 is 0 Å². The van der Waals surface area contributed by atoms with Crippen molar-refractivity contribution in [1.29, 1.82) is 0 Å². The fourth-order valence-corrected chi connectivity index (χ4v) is 5.31. The van der Waals surface area contributed by atoms with Gasteiger partial charge in [-0.25, -0.2) is 4.98 Å². The molecule has 1 N–H and O–H groups in total. The molecule has 1 aliphatic heterocycles. The lowest BCUT2D eigenvalue weighted by atomic mass is 9.97. The van der Waals surface area contributed by atoms with Gasteiger partial charge in [0.1, 0.15) is 11.0 Å². The van der Waals surface area contributed by atoms with Crippen LogP contribution in [-0.4, -0.2) is 32.7 Å². The first-order valence-corrected chi connectivity index (χ1v) is 10.9. The molecule has 8 heteroatoms. The number of carbonyl (C=O) groups excluding carboxylic acids is 1. The topological polar surface area (TPSA) is 71.0 Å². The highest BCUT2D eigenvalue weighted by atomic mass is 32.1. The number of aryl methyl sites for hydroxylation is 1. The van der Waals surface area contributed by atoms with E-state index in [2.05, 4.69) is 44.1 Å². The van der Waals surface area contributed by atoms with Crippen LogP contribution in [0, 0.1) is 12.8 Å². The Labute approximate surface area is 170 Å². The van der Waals surface area contributed by atoms with E-state index in [0.29, 0.717) is 6.54 Å². The number of hydrogen-bond donors (Lipinski definition) is 1. The number of amides is 1. The van der Waals surface area contributed by atoms with Gasteiger partial charge < -0.3 is 10.2 Å². The first kappa shape index (κ1) is 17.5. The second-order valence-electron chi connectivity index (χ2n) is 7.18. The summed E-state index contributed by atoms with van der Waals surface area (Å²) < 4.78 is 9.75. The zero-order chi connectivity index (χ0) is 19.1. The summed E-state index contributed by atoms with van der Waals surface area (Å²) in [5.41, 5.74) is 4.58. The van der Waals surface area contributed by atoms with Gasteiger partial charge in [-0.3, -0.25) is 4.79 Å². The third kappa shape index (κ3) is 3.22. The van der Waals surface area contributed by atoms with Crippen molar-refractivity contribution in [3.8, 4) is 0 Å². The number of hydrogen-bond acceptors (Lipinski definition) is 7. The van der Waals surface area contributed by atoms with E-state index in [9.17, 15) is 4.79 Å². The van der Waals surface area contributed by atoms with Gasteiger partial charge in [0.25, 0.3) is 0 Å². The molecule has 0 radical (unpaired) electrons. The zero-order valence-electron chi connectivity index (χ0n) is 15.4. The number of nitrogens with zero attached hydrogens (tertiary/aromatic N) is 4. The Balaban J connectivity index is 1.34. The number of nitrogens with one attached hydrogen (secondary N) is 1. The highest BCUT2D eigenvalue weighted by Gasteiger charge is 2.28. The summed E-state index contributed by atoms with van der Waals surface area (Å²) in [4.78, 5) is 20.0. The Kier molecular flexibility index (Phi) is 4.44. The van der Waals surface area contributed by atoms with Gasteiger partial charge in [0, 0.05) is 13.1 Å². The molecule has 6 nitrogen and oxygen atoms in total. The maximum Gasteiger partial charge on any atom is 0.229 e. The molecule has 2 aromatic heterocycles. The summed E-state index contributed by atoms with van der Waals surface area (Å²) in [5, 5.41) is 4.07. The van der Waals surface area contributed by atoms with Crippen LogP contribution >= 0.6 is 23.1 Å². The lowest BCUT2D eigenvalue weighted by Gasteiger charge is -2.31. The van der Waals surface area contributed by atoms with Crippen molar-refractivity contribution in [2.24, 2.45) is 5.92 Å². The number of rotatable bonds is 3. The third-order valence-electron chi connectivity index (χ3n) is 5.14. The maximum absolute atomic E-state index is 12.9. The molecular formula is C20H19N5OS2. The van der Waals surface area contributed by atoms with Crippen LogP contribution in [0.3, 0.4) is 0 Å². The molecule has 0 aliphatic carbocycles. The van der Waals surface area contributed by atoms with Gasteiger partial charge in [0.05, 0.1) is 33.6 Å². The normalized spacial score (nSPS) is 17.3. The fourth-order valence-electron chi connectivity index (χ4n) is 3.66. The summed E-state index contributed by atoms with van der Waals surface area (Å²) in [6.45, 7) is 3.72. The minimum atomic E-state index is -0.0654. The molecule has 0 spiro atoms. The summed E-state index contributed by atoms with van der Waals surface area (Å²) in [6, 6.07) is 12.0. The van der Waals surface area contributed by atoms with Crippen LogP contribution in [0.25, 0.3) is 21.3 Å². The molecule has 3 heterocycles. The van der Waals surface area contributed by atoms with E-state index in [1.54, 1.807) is 11.3 Å². The number of carbonyl (C=O) groups is 1. The fraction of sp³-hybridized carbons (Fsp3) is 0.300. The Morgan fingerprint density at radius 2 is 2.14 bits per heavy atom. The van der Waals surface area contributed by atoms with Crippen molar-refractivity contribution in [3.63, 3.8) is 0 Å². The molecule has 0 bridgehead atoms. The molecule has 0 saturated carbocycles. The highest BCUT2D eigenvalue weighted by molar-refractivity contribution is 7.22. The first-order chi connectivity index (χ1) is 13.7. The van der Waals surface area contributed by atoms with Gasteiger partial charge in [-0.05, 0) is 49.6 Å². The Morgan fingerprint density at radius 3 is 3.07 bits per heavy atom. The van der Waals surface area contributed by atoms with E-state index in [-0.39, 0.29) is 11.8 Å². The second kappa shape index (κ2) is 7.10. The van der Waals surface area contributed by atoms with Gasteiger partial charge in [0.2, 0.25) is 5.91 Å². The maximum atomic E-state index is 12.9. The molecule has 1 amide bonds. The Hall–Kier alpha value is -2.58. The van der Waals surface area contributed by atoms with Crippen LogP contribution in [0.4, 0.5) is 10.8 Å². The molecule has 142 valence electrons. The minimum Gasteiger partial charge on any atom is -0.347 e. The van der Waals surface area contributed by atoms with Gasteiger partial charge in [0.15, 0.2) is 5.13 Å². The van der Waals surface area contributed by atoms with E-state index in [4.69, 9.17) is 4.98 Å². The SMILES string of the molecule is Cc1ccc2nc(N3CCCC(C(=O)Nc4cccc5nsnc45)C3)sc2c1. The van der Waals surface area contributed by atoms with Crippen LogP contribution in [-0.2, 0) is 4.79 Å². The van der Waals surface area contributed by atoms with Crippen molar-refractivity contribution in [1.82, 2.24) is 13.7 Å². The predicted molar refractivity (Wildman–Crippen MR) is 115 cm³/mol. The van der Waals surface area contributed by atoms with Gasteiger partial charge in [-0.2, -0.15) is 8.75 Å². The van der Waals surface area contributed by atoms with E-state index in [1.807, 2.05) is 18.2 Å². The van der Waals surface area contributed by atoms with Crippen molar-refractivity contribution in [2.75, 3.05) is 23.3 Å². The number of thiazole rings is 1. The van der Waals surface area contributed by atoms with Crippen LogP contribution in [0.1, 0.15) is 18.4 Å². The Morgan fingerprint density at radius 1 is 1.21 bits per heavy atom. The molecule has 1 saturated heterocycles. The number of aromatic nitrogens is 3. The summed E-state index contributed by atoms with van der Waals surface area (Å²) in [6.07, 6.45) is 1.87. The molecule has 4 aromatic rings. The lowest BCUT2D eigenvalue weighted by molar-refractivity contribution is -0.120. The number of benzene rings is 2. The van der Waals surface area contributed by atoms with Gasteiger partial charge in [-0.1, -0.05) is 23.5 Å². The van der Waals surface area contributed by atoms with Crippen LogP contribution in [0.2, 0.25) is 0 Å². The largest absolute Gasteiger partial charge is 0.347 e. The number of anilines is 2. The molecule has 1 aliphatic rings. The van der Waals surface area contributed by atoms with Crippen molar-refractivity contribution < 1.29 is 4.79 Å². The van der Waals surface area contributed by atoms with E-state index in [0.717, 1.165) is 58.5 Å². The average molecular weight is 410 g/mol. The number of fused-ring (bicyclic) bond motifs is 2. The third-order valence-corrected chi connectivity index (χ3v) is 6.76. The molecule has 2 aromatic carbocycles. The predicted octanol–water partition coefficient (Wildman–Crippen LogP) is 4.46. The summed E-state index contributed by atoms with van der Waals surface area (Å²) in [7, 11) is 0. The molecule has 5 rings (SSSR count). The standard InChI is InChI=1S/C20H19N5OS2/c1-12-7-8-14-17(10-12)27-20(22-14)25-9-3-4-13(11-25)19(26)21-15-5-2-6-16-18(15)24-28-23-16/h2,5-8,10,13H,3-4,9,11H2,1H3,(H,21,26). The zero-order valence-corrected chi connectivity index (χ0v) is 17.0. The molecule has 1 unspecified atom stereocenters. The minimum absolute atomic E-state index is 0.0437. The summed E-state index contributed by atoms with van der Waals surface area (Å²) in [5.74, 6) is -0.0218. The second-order valence-corrected chi connectivity index (χ2v) is 8.72. The Bertz CT molecular complexity index is 1170. The number of piperidine rings is 1. The average Bonchev–Trinajstić information content (AvgIpc) is 3.35. The quantitative estimate of drug-likeness (QED) is 0.541. The monoisotopic (exact) mass is 409 g/mol. The van der Waals surface area contributed by atoms with Crippen LogP contribution < -0.4 is 10.2 Å². The molecule has 1 atom stereocenters. The van der Waals surface area contributed by atoms with Gasteiger partial charge >= 0.3 is 0 Å². The van der Waals surface area contributed by atoms with Crippen molar-refractivity contribution >= 4 is 61.0 Å². The molecular weight excluding hydrogens is 390 g/mol. The van der Waals surface area contributed by atoms with Gasteiger partial charge in [-0.15, -0.1) is 0 Å². The highest BCUT2D eigenvalue weighted by Crippen LogP contribution is 2.32. The van der Waals surface area contributed by atoms with Crippen molar-refractivity contribution in [3.05, 3.63) is 42.0 Å². The van der Waals surface area contributed by atoms with Crippen molar-refractivity contribution in [2.45, 2.75) is 19.8 Å². The first-order valence-electron chi connectivity index (χ1n) is 9.32. The molecule has 1 fully saturated rings.